The van der Waals surface area contributed by atoms with Gasteiger partial charge in [0, 0.05) is 35.9 Å². The molecule has 4 aromatic rings. The van der Waals surface area contributed by atoms with E-state index in [1.807, 2.05) is 29.9 Å². The molecular formula is C24H25N5OS. The number of likely N-dealkylation sites (tertiary alicyclic amines) is 1. The first-order chi connectivity index (χ1) is 15.4. The van der Waals surface area contributed by atoms with Gasteiger partial charge in [0.15, 0.2) is 0 Å². The minimum Gasteiger partial charge on any atom is -0.477 e. The van der Waals surface area contributed by atoms with Gasteiger partial charge in [0.25, 0.3) is 0 Å². The van der Waals surface area contributed by atoms with Gasteiger partial charge in [0.2, 0.25) is 5.88 Å². The van der Waals surface area contributed by atoms with E-state index in [-0.39, 0.29) is 0 Å². The molecule has 0 bridgehead atoms. The highest BCUT2D eigenvalue weighted by Gasteiger charge is 2.23. The van der Waals surface area contributed by atoms with E-state index in [0.29, 0.717) is 18.5 Å². The van der Waals surface area contributed by atoms with Crippen molar-refractivity contribution in [1.29, 1.82) is 0 Å². The average Bonchev–Trinajstić information content (AvgIpc) is 3.36. The second-order valence-electron chi connectivity index (χ2n) is 7.83. The molecule has 6 nitrogen and oxygen atoms in total. The van der Waals surface area contributed by atoms with Crippen LogP contribution in [0.2, 0.25) is 0 Å². The van der Waals surface area contributed by atoms with Crippen molar-refractivity contribution in [1.82, 2.24) is 24.8 Å². The molecule has 0 radical (unpaired) electrons. The largest absolute Gasteiger partial charge is 0.477 e. The summed E-state index contributed by atoms with van der Waals surface area (Å²) in [4.78, 5) is 20.3. The lowest BCUT2D eigenvalue weighted by atomic mass is 9.99. The van der Waals surface area contributed by atoms with Crippen molar-refractivity contribution in [3.05, 3.63) is 66.2 Å². The Morgan fingerprint density at radius 2 is 2.03 bits per heavy atom. The number of fused-ring (bicyclic) bond motifs is 1. The molecule has 31 heavy (non-hydrogen) atoms. The number of hydrogen-bond acceptors (Lipinski definition) is 7. The number of thiazole rings is 1. The minimum absolute atomic E-state index is 0.509. The molecule has 0 saturated carbocycles. The number of piperidine rings is 1. The molecule has 0 aliphatic carbocycles. The van der Waals surface area contributed by atoms with Crippen molar-refractivity contribution < 1.29 is 4.74 Å². The third kappa shape index (κ3) is 4.73. The van der Waals surface area contributed by atoms with Crippen LogP contribution in [0.15, 0.2) is 60.5 Å². The number of nitrogens with zero attached hydrogens (tertiary/aromatic N) is 5. The molecule has 1 aliphatic rings. The zero-order chi connectivity index (χ0) is 20.9. The maximum absolute atomic E-state index is 6.18. The molecule has 0 N–H and O–H groups in total. The fourth-order valence-corrected chi connectivity index (χ4v) is 4.87. The van der Waals surface area contributed by atoms with Gasteiger partial charge >= 0.3 is 0 Å². The van der Waals surface area contributed by atoms with Gasteiger partial charge in [-0.05, 0) is 56.1 Å². The predicted octanol–water partition coefficient (Wildman–Crippen LogP) is 4.97. The van der Waals surface area contributed by atoms with Crippen LogP contribution in [0.3, 0.4) is 0 Å². The molecule has 1 fully saturated rings. The lowest BCUT2D eigenvalue weighted by Gasteiger charge is -2.35. The predicted molar refractivity (Wildman–Crippen MR) is 123 cm³/mol. The maximum Gasteiger partial charge on any atom is 0.224 e. The molecule has 158 valence electrons. The summed E-state index contributed by atoms with van der Waals surface area (Å²) in [6.07, 6.45) is 9.98. The Morgan fingerprint density at radius 3 is 2.90 bits per heavy atom. The first kappa shape index (κ1) is 20.0. The quantitative estimate of drug-likeness (QED) is 0.412. The monoisotopic (exact) mass is 431 g/mol. The molecule has 0 spiro atoms. The smallest absolute Gasteiger partial charge is 0.224 e. The second kappa shape index (κ2) is 9.49. The van der Waals surface area contributed by atoms with Crippen LogP contribution in [-0.2, 0) is 6.54 Å². The van der Waals surface area contributed by atoms with Gasteiger partial charge in [-0.25, -0.2) is 15.0 Å². The minimum atomic E-state index is 0.509. The van der Waals surface area contributed by atoms with E-state index in [4.69, 9.17) is 4.74 Å². The summed E-state index contributed by atoms with van der Waals surface area (Å²) in [7, 11) is 0. The molecule has 5 rings (SSSR count). The van der Waals surface area contributed by atoms with Crippen molar-refractivity contribution in [2.75, 3.05) is 13.2 Å². The van der Waals surface area contributed by atoms with Crippen LogP contribution < -0.4 is 4.74 Å². The van der Waals surface area contributed by atoms with Crippen LogP contribution >= 0.6 is 11.3 Å². The maximum atomic E-state index is 6.18. The van der Waals surface area contributed by atoms with E-state index < -0.39 is 0 Å². The van der Waals surface area contributed by atoms with Crippen LogP contribution in [0.4, 0.5) is 0 Å². The second-order valence-corrected chi connectivity index (χ2v) is 8.72. The summed E-state index contributed by atoms with van der Waals surface area (Å²) in [5.74, 6) is 0.649. The number of benzene rings is 1. The van der Waals surface area contributed by atoms with Gasteiger partial charge in [-0.15, -0.1) is 11.3 Å². The molecular weight excluding hydrogens is 406 g/mol. The topological polar surface area (TPSA) is 64.0 Å². The summed E-state index contributed by atoms with van der Waals surface area (Å²) in [5.41, 5.74) is 3.09. The lowest BCUT2D eigenvalue weighted by Crippen LogP contribution is -2.40. The molecule has 1 atom stereocenters. The molecule has 1 aromatic carbocycles. The zero-order valence-electron chi connectivity index (χ0n) is 17.4. The van der Waals surface area contributed by atoms with Crippen molar-refractivity contribution >= 4 is 22.2 Å². The fourth-order valence-electron chi connectivity index (χ4n) is 4.23. The number of ether oxygens (including phenoxy) is 1. The first-order valence-electron chi connectivity index (χ1n) is 10.8. The highest BCUT2D eigenvalue weighted by molar-refractivity contribution is 7.13. The van der Waals surface area contributed by atoms with E-state index in [2.05, 4.69) is 49.1 Å². The van der Waals surface area contributed by atoms with Gasteiger partial charge in [-0.1, -0.05) is 12.5 Å². The Bertz CT molecular complexity index is 1120. The summed E-state index contributed by atoms with van der Waals surface area (Å²) < 4.78 is 6.18. The molecule has 3 aromatic heterocycles. The Labute approximate surface area is 186 Å². The van der Waals surface area contributed by atoms with Crippen LogP contribution in [0.1, 0.15) is 31.4 Å². The van der Waals surface area contributed by atoms with Gasteiger partial charge < -0.3 is 4.74 Å². The van der Waals surface area contributed by atoms with Crippen LogP contribution in [0.5, 0.6) is 5.88 Å². The van der Waals surface area contributed by atoms with Gasteiger partial charge in [0.1, 0.15) is 11.3 Å². The van der Waals surface area contributed by atoms with E-state index in [0.717, 1.165) is 46.7 Å². The van der Waals surface area contributed by atoms with Crippen LogP contribution in [-0.4, -0.2) is 44.0 Å². The number of rotatable bonds is 7. The molecule has 7 heteroatoms. The standard InChI is InChI=1S/C24H25N5OS/c1-3-10-25-19(5-1)16-29-12-4-2-6-20(29)9-13-30-23-21-15-18(24-26-11-14-31-24)7-8-22(21)27-17-28-23/h1,3,5,7-8,10-11,14-15,17,20H,2,4,6,9,12-13,16H2. The van der Waals surface area contributed by atoms with Crippen LogP contribution in [0, 0.1) is 0 Å². The number of hydrogen-bond donors (Lipinski definition) is 0. The van der Waals surface area contributed by atoms with Crippen molar-refractivity contribution in [2.24, 2.45) is 0 Å². The molecule has 4 heterocycles. The van der Waals surface area contributed by atoms with E-state index in [1.165, 1.54) is 19.3 Å². The molecule has 1 aliphatic heterocycles. The third-order valence-electron chi connectivity index (χ3n) is 5.81. The fraction of sp³-hybridized carbons (Fsp3) is 0.333. The van der Waals surface area contributed by atoms with Crippen molar-refractivity contribution in [2.45, 2.75) is 38.3 Å². The third-order valence-corrected chi connectivity index (χ3v) is 6.63. The summed E-state index contributed by atoms with van der Waals surface area (Å²) in [5, 5.41) is 3.91. The van der Waals surface area contributed by atoms with E-state index in [9.17, 15) is 0 Å². The SMILES string of the molecule is c1ccc(CN2CCCCC2CCOc2ncnc3ccc(-c4nccs4)cc23)nc1. The molecule has 1 saturated heterocycles. The van der Waals surface area contributed by atoms with E-state index in [1.54, 1.807) is 17.7 Å². The number of aromatic nitrogens is 4. The zero-order valence-corrected chi connectivity index (χ0v) is 18.2. The number of pyridine rings is 1. The Kier molecular flexibility index (Phi) is 6.13. The van der Waals surface area contributed by atoms with Crippen molar-refractivity contribution in [3.8, 4) is 16.5 Å². The highest BCUT2D eigenvalue weighted by Crippen LogP contribution is 2.29. The highest BCUT2D eigenvalue weighted by atomic mass is 32.1. The Morgan fingerprint density at radius 1 is 1.03 bits per heavy atom. The summed E-state index contributed by atoms with van der Waals surface area (Å²) in [6.45, 7) is 2.66. The van der Waals surface area contributed by atoms with Gasteiger partial charge in [-0.2, -0.15) is 0 Å². The molecule has 1 unspecified atom stereocenters. The summed E-state index contributed by atoms with van der Waals surface area (Å²) in [6, 6.07) is 12.8. The summed E-state index contributed by atoms with van der Waals surface area (Å²) >= 11 is 1.62. The Hall–Kier alpha value is -2.90. The Balaban J connectivity index is 1.27. The van der Waals surface area contributed by atoms with Crippen molar-refractivity contribution in [3.63, 3.8) is 0 Å². The van der Waals surface area contributed by atoms with Gasteiger partial charge in [-0.3, -0.25) is 9.88 Å². The van der Waals surface area contributed by atoms with E-state index >= 15 is 0 Å². The van der Waals surface area contributed by atoms with Crippen LogP contribution in [0.25, 0.3) is 21.5 Å². The first-order valence-corrected chi connectivity index (χ1v) is 11.7. The average molecular weight is 432 g/mol. The molecule has 0 amide bonds. The normalized spacial score (nSPS) is 17.1. The lowest BCUT2D eigenvalue weighted by molar-refractivity contribution is 0.114. The van der Waals surface area contributed by atoms with Gasteiger partial charge in [0.05, 0.1) is 23.2 Å².